The topological polar surface area (TPSA) is 63.8 Å². The smallest absolute Gasteiger partial charge is 0.271 e. The van der Waals surface area contributed by atoms with Crippen LogP contribution in [0.3, 0.4) is 0 Å². The van der Waals surface area contributed by atoms with Gasteiger partial charge in [0.15, 0.2) is 16.3 Å². The van der Waals surface area contributed by atoms with Crippen molar-refractivity contribution in [2.24, 2.45) is 4.99 Å². The number of aryl methyl sites for hydroxylation is 1. The number of ether oxygens (including phenoxy) is 1. The predicted molar refractivity (Wildman–Crippen MR) is 134 cm³/mol. The molecule has 4 aromatic rings. The normalized spacial score (nSPS) is 16.9. The third-order valence-corrected chi connectivity index (χ3v) is 7.54. The zero-order valence-corrected chi connectivity index (χ0v) is 19.7. The summed E-state index contributed by atoms with van der Waals surface area (Å²) in [6.07, 6.45) is 3.42. The molecule has 0 bridgehead atoms. The number of phenols is 1. The highest BCUT2D eigenvalue weighted by Gasteiger charge is 2.32. The Labute approximate surface area is 204 Å². The van der Waals surface area contributed by atoms with Crippen LogP contribution in [0.25, 0.3) is 11.8 Å². The second-order valence-corrected chi connectivity index (χ2v) is 9.61. The van der Waals surface area contributed by atoms with Crippen molar-refractivity contribution in [3.8, 4) is 11.5 Å². The number of thiazole rings is 1. The Morgan fingerprint density at radius 1 is 1.11 bits per heavy atom. The van der Waals surface area contributed by atoms with E-state index < -0.39 is 0 Å². The van der Waals surface area contributed by atoms with Crippen LogP contribution >= 0.6 is 11.3 Å². The Morgan fingerprint density at radius 2 is 1.91 bits per heavy atom. The zero-order valence-electron chi connectivity index (χ0n) is 18.9. The summed E-state index contributed by atoms with van der Waals surface area (Å²) in [5.74, 6) is 0.0576. The molecule has 1 aliphatic heterocycles. The minimum absolute atomic E-state index is 0.0359. The molecule has 3 aromatic carbocycles. The van der Waals surface area contributed by atoms with Crippen LogP contribution in [0.15, 0.2) is 82.1 Å². The Bertz CT molecular complexity index is 1680. The highest BCUT2D eigenvalue weighted by molar-refractivity contribution is 7.07. The van der Waals surface area contributed by atoms with Gasteiger partial charge in [0.25, 0.3) is 5.56 Å². The van der Waals surface area contributed by atoms with Crippen molar-refractivity contribution in [3.05, 3.63) is 120 Å². The van der Waals surface area contributed by atoms with Crippen LogP contribution in [0, 0.1) is 5.82 Å². The summed E-state index contributed by atoms with van der Waals surface area (Å²) in [4.78, 5) is 19.3. The molecule has 1 aliphatic carbocycles. The molecule has 0 fully saturated rings. The number of allylic oxidation sites excluding steroid dienone is 1. The molecule has 0 radical (unpaired) electrons. The van der Waals surface area contributed by atoms with Crippen LogP contribution in [-0.2, 0) is 6.42 Å². The van der Waals surface area contributed by atoms with Gasteiger partial charge in [-0.1, -0.05) is 53.8 Å². The van der Waals surface area contributed by atoms with Gasteiger partial charge in [-0.25, -0.2) is 9.38 Å². The van der Waals surface area contributed by atoms with Crippen molar-refractivity contribution in [3.63, 3.8) is 0 Å². The predicted octanol–water partition coefficient (Wildman–Crippen LogP) is 4.17. The van der Waals surface area contributed by atoms with Gasteiger partial charge in [0, 0.05) is 5.56 Å². The van der Waals surface area contributed by atoms with Crippen molar-refractivity contribution in [2.45, 2.75) is 18.9 Å². The maximum atomic E-state index is 13.8. The molecule has 1 N–H and O–H groups in total. The number of nitrogens with zero attached hydrogens (tertiary/aromatic N) is 2. The molecule has 1 atom stereocenters. The Kier molecular flexibility index (Phi) is 5.15. The van der Waals surface area contributed by atoms with Gasteiger partial charge in [-0.05, 0) is 65.4 Å². The quantitative estimate of drug-likeness (QED) is 0.475. The summed E-state index contributed by atoms with van der Waals surface area (Å²) >= 11 is 1.32. The minimum atomic E-state index is -0.355. The van der Waals surface area contributed by atoms with E-state index in [4.69, 9.17) is 9.73 Å². The number of halogens is 1. The maximum Gasteiger partial charge on any atom is 0.271 e. The number of aromatic hydroxyl groups is 1. The molecule has 174 valence electrons. The summed E-state index contributed by atoms with van der Waals surface area (Å²) < 4.78 is 21.2. The summed E-state index contributed by atoms with van der Waals surface area (Å²) in [5, 5.41) is 9.92. The number of methoxy groups -OCH3 is 1. The fraction of sp³-hybridized carbons (Fsp3) is 0.143. The lowest BCUT2D eigenvalue weighted by Crippen LogP contribution is -2.38. The lowest BCUT2D eigenvalue weighted by Gasteiger charge is -2.30. The Morgan fingerprint density at radius 3 is 2.71 bits per heavy atom. The average molecular weight is 485 g/mol. The first-order valence-electron chi connectivity index (χ1n) is 11.3. The van der Waals surface area contributed by atoms with Gasteiger partial charge in [0.2, 0.25) is 0 Å². The van der Waals surface area contributed by atoms with E-state index in [1.807, 2.05) is 12.1 Å². The fourth-order valence-corrected chi connectivity index (χ4v) is 5.90. The first-order valence-corrected chi connectivity index (χ1v) is 12.1. The standard InChI is InChI=1S/C28H21FN2O3S/c1-34-23-14-16(6-13-22(23)32)15-24-27(33)31-26(18-7-10-19(29)11-8-18)21-12-9-17-4-2-3-5-20(17)25(21)30-28(31)35-24/h2-8,10-11,13-15,26,32H,9,12H2,1H3/b24-15+/t26-/m1/s1. The molecule has 0 unspecified atom stereocenters. The fourth-order valence-electron chi connectivity index (χ4n) is 4.90. The molecule has 6 rings (SSSR count). The van der Waals surface area contributed by atoms with Crippen molar-refractivity contribution >= 4 is 23.1 Å². The van der Waals surface area contributed by atoms with E-state index >= 15 is 0 Å². The molecule has 2 heterocycles. The zero-order chi connectivity index (χ0) is 24.1. The van der Waals surface area contributed by atoms with Crippen molar-refractivity contribution < 1.29 is 14.2 Å². The number of benzene rings is 3. The number of phenolic OH excluding ortho intramolecular Hbond substituents is 1. The number of fused-ring (bicyclic) bond motifs is 3. The Hall–Kier alpha value is -3.97. The third-order valence-electron chi connectivity index (χ3n) is 6.56. The van der Waals surface area contributed by atoms with Gasteiger partial charge < -0.3 is 9.84 Å². The highest BCUT2D eigenvalue weighted by Crippen LogP contribution is 2.41. The van der Waals surface area contributed by atoms with Crippen LogP contribution < -0.4 is 19.6 Å². The SMILES string of the molecule is COc1cc(/C=c2/sc3n(c2=O)[C@H](c2ccc(F)cc2)C2=C(N=3)c3ccccc3CC2)ccc1O. The Balaban J connectivity index is 1.60. The third kappa shape index (κ3) is 3.59. The molecule has 2 aliphatic rings. The lowest BCUT2D eigenvalue weighted by atomic mass is 9.83. The summed E-state index contributed by atoms with van der Waals surface area (Å²) in [5.41, 5.74) is 5.73. The molecule has 35 heavy (non-hydrogen) atoms. The van der Waals surface area contributed by atoms with Gasteiger partial charge in [0.05, 0.1) is 23.4 Å². The van der Waals surface area contributed by atoms with E-state index in [1.54, 1.807) is 41.0 Å². The first-order chi connectivity index (χ1) is 17.0. The molecule has 0 amide bonds. The second kappa shape index (κ2) is 8.36. The van der Waals surface area contributed by atoms with Crippen molar-refractivity contribution in [1.82, 2.24) is 4.57 Å². The monoisotopic (exact) mass is 484 g/mol. The van der Waals surface area contributed by atoms with E-state index in [-0.39, 0.29) is 23.2 Å². The number of aromatic nitrogens is 1. The van der Waals surface area contributed by atoms with Gasteiger partial charge in [-0.15, -0.1) is 0 Å². The minimum Gasteiger partial charge on any atom is -0.504 e. The van der Waals surface area contributed by atoms with Crippen LogP contribution in [0.5, 0.6) is 11.5 Å². The second-order valence-electron chi connectivity index (χ2n) is 8.60. The molecular formula is C28H21FN2O3S. The number of hydrogen-bond donors (Lipinski definition) is 1. The van der Waals surface area contributed by atoms with Crippen molar-refractivity contribution in [2.75, 3.05) is 7.11 Å². The van der Waals surface area contributed by atoms with E-state index in [2.05, 4.69) is 12.1 Å². The van der Waals surface area contributed by atoms with Gasteiger partial charge in [0.1, 0.15) is 5.82 Å². The van der Waals surface area contributed by atoms with Crippen LogP contribution in [0.1, 0.15) is 34.7 Å². The number of rotatable bonds is 3. The van der Waals surface area contributed by atoms with E-state index in [0.29, 0.717) is 15.1 Å². The maximum absolute atomic E-state index is 13.8. The summed E-state index contributed by atoms with van der Waals surface area (Å²) in [7, 11) is 1.48. The average Bonchev–Trinajstić information content (AvgIpc) is 3.19. The van der Waals surface area contributed by atoms with E-state index in [9.17, 15) is 14.3 Å². The summed E-state index contributed by atoms with van der Waals surface area (Å²) in [6.45, 7) is 0. The van der Waals surface area contributed by atoms with E-state index in [0.717, 1.165) is 40.8 Å². The highest BCUT2D eigenvalue weighted by atomic mass is 32.1. The summed E-state index contributed by atoms with van der Waals surface area (Å²) in [6, 6.07) is 19.2. The van der Waals surface area contributed by atoms with Gasteiger partial charge >= 0.3 is 0 Å². The van der Waals surface area contributed by atoms with E-state index in [1.165, 1.54) is 36.1 Å². The molecule has 7 heteroatoms. The lowest BCUT2D eigenvalue weighted by molar-refractivity contribution is 0.373. The van der Waals surface area contributed by atoms with Crippen LogP contribution in [0.2, 0.25) is 0 Å². The van der Waals surface area contributed by atoms with Gasteiger partial charge in [-0.2, -0.15) is 0 Å². The molecule has 5 nitrogen and oxygen atoms in total. The first kappa shape index (κ1) is 21.6. The molecule has 0 spiro atoms. The van der Waals surface area contributed by atoms with Crippen LogP contribution in [0.4, 0.5) is 4.39 Å². The largest absolute Gasteiger partial charge is 0.504 e. The number of hydrogen-bond acceptors (Lipinski definition) is 5. The molecular weight excluding hydrogens is 463 g/mol. The van der Waals surface area contributed by atoms with Gasteiger partial charge in [-0.3, -0.25) is 9.36 Å². The molecule has 0 saturated carbocycles. The van der Waals surface area contributed by atoms with Crippen LogP contribution in [-0.4, -0.2) is 16.8 Å². The van der Waals surface area contributed by atoms with Crippen molar-refractivity contribution in [1.29, 1.82) is 0 Å². The molecule has 0 saturated heterocycles. The molecule has 1 aromatic heterocycles.